The number of amides is 1. The fraction of sp³-hybridized carbons (Fsp3) is 0.417. The summed E-state index contributed by atoms with van der Waals surface area (Å²) in [7, 11) is -6.98. The number of benzene rings is 2. The van der Waals surface area contributed by atoms with E-state index in [9.17, 15) is 21.6 Å². The van der Waals surface area contributed by atoms with E-state index in [1.807, 2.05) is 18.4 Å². The molecule has 0 radical (unpaired) electrons. The second-order valence-electron chi connectivity index (χ2n) is 8.84. The molecule has 1 fully saturated rings. The van der Waals surface area contributed by atoms with Gasteiger partial charge < -0.3 is 4.57 Å². The number of thiazole rings is 1. The summed E-state index contributed by atoms with van der Waals surface area (Å²) in [6.45, 7) is 5.05. The van der Waals surface area contributed by atoms with E-state index in [4.69, 9.17) is 0 Å². The van der Waals surface area contributed by atoms with Crippen LogP contribution in [0.2, 0.25) is 0 Å². The first-order valence-electron chi connectivity index (χ1n) is 11.6. The van der Waals surface area contributed by atoms with Crippen molar-refractivity contribution in [3.63, 3.8) is 0 Å². The number of sulfonamides is 1. The Kier molecular flexibility index (Phi) is 7.33. The predicted octanol–water partition coefficient (Wildman–Crippen LogP) is 3.82. The monoisotopic (exact) mass is 535 g/mol. The molecule has 0 saturated carbocycles. The fourth-order valence-corrected chi connectivity index (χ4v) is 7.81. The van der Waals surface area contributed by atoms with Crippen molar-refractivity contribution in [1.29, 1.82) is 0 Å². The molecule has 3 aromatic rings. The third-order valence-corrected chi connectivity index (χ3v) is 10.4. The molecule has 1 saturated heterocycles. The standard InChI is InChI=1S/C24H29N3O5S3/c1-4-14-26-21-13-12-20(34(3,29)30)16-22(21)33-24(26)25-23(28)18-8-10-19(11-9-18)35(31,32)27-15-6-5-7-17(27)2/h8-13,16-17H,4-7,14-15H2,1-3H3. The number of carbonyl (C=O) groups is 1. The maximum atomic E-state index is 13.1. The van der Waals surface area contributed by atoms with E-state index in [0.717, 1.165) is 42.2 Å². The minimum absolute atomic E-state index is 0.0461. The Hall–Kier alpha value is -2.34. The van der Waals surface area contributed by atoms with Gasteiger partial charge in [-0.25, -0.2) is 16.8 Å². The number of rotatable bonds is 6. The molecule has 2 heterocycles. The molecule has 4 rings (SSSR count). The molecular weight excluding hydrogens is 506 g/mol. The average Bonchev–Trinajstić information content (AvgIpc) is 3.15. The molecule has 0 spiro atoms. The molecule has 35 heavy (non-hydrogen) atoms. The Morgan fingerprint density at radius 1 is 1.06 bits per heavy atom. The Balaban J connectivity index is 1.68. The van der Waals surface area contributed by atoms with E-state index in [2.05, 4.69) is 4.99 Å². The van der Waals surface area contributed by atoms with Crippen molar-refractivity contribution in [3.05, 3.63) is 52.8 Å². The van der Waals surface area contributed by atoms with E-state index in [-0.39, 0.29) is 21.4 Å². The molecule has 188 valence electrons. The molecular formula is C24H29N3O5S3. The van der Waals surface area contributed by atoms with Crippen molar-refractivity contribution in [2.24, 2.45) is 4.99 Å². The van der Waals surface area contributed by atoms with Crippen molar-refractivity contribution in [2.45, 2.75) is 61.9 Å². The van der Waals surface area contributed by atoms with Gasteiger partial charge in [-0.3, -0.25) is 4.79 Å². The molecule has 1 aliphatic heterocycles. The molecule has 8 nitrogen and oxygen atoms in total. The van der Waals surface area contributed by atoms with Gasteiger partial charge in [0.05, 0.1) is 20.0 Å². The summed E-state index contributed by atoms with van der Waals surface area (Å²) in [5, 5.41) is 0. The maximum absolute atomic E-state index is 13.1. The third-order valence-electron chi connectivity index (χ3n) is 6.18. The van der Waals surface area contributed by atoms with Crippen molar-refractivity contribution < 1.29 is 21.6 Å². The first-order valence-corrected chi connectivity index (χ1v) is 15.7. The van der Waals surface area contributed by atoms with Crippen LogP contribution >= 0.6 is 11.3 Å². The van der Waals surface area contributed by atoms with E-state index in [1.54, 1.807) is 18.2 Å². The van der Waals surface area contributed by atoms with Crippen LogP contribution in [0.15, 0.2) is 57.2 Å². The Bertz CT molecular complexity index is 1540. The first-order chi connectivity index (χ1) is 16.5. The second kappa shape index (κ2) is 9.96. The van der Waals surface area contributed by atoms with Crippen molar-refractivity contribution in [1.82, 2.24) is 8.87 Å². The number of sulfone groups is 1. The molecule has 2 aromatic carbocycles. The highest BCUT2D eigenvalue weighted by Crippen LogP contribution is 2.26. The van der Waals surface area contributed by atoms with Crippen LogP contribution in [0.5, 0.6) is 0 Å². The van der Waals surface area contributed by atoms with Gasteiger partial charge in [0, 0.05) is 31.0 Å². The highest BCUT2D eigenvalue weighted by Gasteiger charge is 2.30. The number of nitrogens with zero attached hydrogens (tertiary/aromatic N) is 3. The van der Waals surface area contributed by atoms with Gasteiger partial charge in [-0.1, -0.05) is 24.7 Å². The Labute approximate surface area is 209 Å². The molecule has 1 amide bonds. The van der Waals surface area contributed by atoms with Crippen LogP contribution < -0.4 is 4.80 Å². The van der Waals surface area contributed by atoms with Crippen LogP contribution in [0.3, 0.4) is 0 Å². The van der Waals surface area contributed by atoms with E-state index in [1.165, 1.54) is 39.9 Å². The molecule has 1 aromatic heterocycles. The van der Waals surface area contributed by atoms with Gasteiger partial charge in [0.1, 0.15) is 0 Å². The van der Waals surface area contributed by atoms with Crippen LogP contribution in [0.4, 0.5) is 0 Å². The lowest BCUT2D eigenvalue weighted by Crippen LogP contribution is -2.41. The highest BCUT2D eigenvalue weighted by molar-refractivity contribution is 7.90. The quantitative estimate of drug-likeness (QED) is 0.477. The van der Waals surface area contributed by atoms with Crippen LogP contribution in [0.25, 0.3) is 10.2 Å². The molecule has 0 bridgehead atoms. The van der Waals surface area contributed by atoms with Gasteiger partial charge in [-0.15, -0.1) is 0 Å². The summed E-state index contributed by atoms with van der Waals surface area (Å²) in [4.78, 5) is 18.1. The van der Waals surface area contributed by atoms with E-state index < -0.39 is 25.8 Å². The third kappa shape index (κ3) is 5.28. The van der Waals surface area contributed by atoms with Crippen LogP contribution in [-0.2, 0) is 26.4 Å². The van der Waals surface area contributed by atoms with Crippen molar-refractivity contribution in [3.8, 4) is 0 Å². The summed E-state index contributed by atoms with van der Waals surface area (Å²) in [5.74, 6) is -0.486. The lowest BCUT2D eigenvalue weighted by molar-refractivity contribution is 0.0997. The number of aromatic nitrogens is 1. The largest absolute Gasteiger partial charge is 0.316 e. The molecule has 1 atom stereocenters. The maximum Gasteiger partial charge on any atom is 0.279 e. The van der Waals surface area contributed by atoms with Crippen molar-refractivity contribution >= 4 is 47.3 Å². The van der Waals surface area contributed by atoms with Gasteiger partial charge in [0.25, 0.3) is 5.91 Å². The van der Waals surface area contributed by atoms with E-state index >= 15 is 0 Å². The lowest BCUT2D eigenvalue weighted by Gasteiger charge is -2.32. The minimum atomic E-state index is -3.62. The number of hydrogen-bond donors (Lipinski definition) is 0. The number of carbonyl (C=O) groups excluding carboxylic acids is 1. The van der Waals surface area contributed by atoms with Crippen molar-refractivity contribution in [2.75, 3.05) is 12.8 Å². The van der Waals surface area contributed by atoms with Gasteiger partial charge in [0.15, 0.2) is 14.6 Å². The zero-order valence-corrected chi connectivity index (χ0v) is 22.4. The van der Waals surface area contributed by atoms with Gasteiger partial charge in [-0.2, -0.15) is 9.30 Å². The summed E-state index contributed by atoms with van der Waals surface area (Å²) < 4.78 is 54.2. The van der Waals surface area contributed by atoms with E-state index in [0.29, 0.717) is 17.9 Å². The summed E-state index contributed by atoms with van der Waals surface area (Å²) in [5.41, 5.74) is 1.10. The number of fused-ring (bicyclic) bond motifs is 1. The zero-order valence-electron chi connectivity index (χ0n) is 20.0. The molecule has 0 N–H and O–H groups in total. The topological polar surface area (TPSA) is 106 Å². The smallest absolute Gasteiger partial charge is 0.279 e. The zero-order chi connectivity index (χ0) is 25.4. The van der Waals surface area contributed by atoms with Crippen LogP contribution in [0, 0.1) is 0 Å². The average molecular weight is 536 g/mol. The highest BCUT2D eigenvalue weighted by atomic mass is 32.2. The van der Waals surface area contributed by atoms with Gasteiger partial charge >= 0.3 is 0 Å². The second-order valence-corrected chi connectivity index (χ2v) is 13.8. The Morgan fingerprint density at radius 2 is 1.74 bits per heavy atom. The van der Waals surface area contributed by atoms with Crippen LogP contribution in [0.1, 0.15) is 49.9 Å². The molecule has 1 aliphatic rings. The number of aryl methyl sites for hydroxylation is 1. The molecule has 1 unspecified atom stereocenters. The summed E-state index contributed by atoms with van der Waals surface area (Å²) in [6, 6.07) is 10.8. The van der Waals surface area contributed by atoms with Gasteiger partial charge in [0.2, 0.25) is 10.0 Å². The molecule has 11 heteroatoms. The predicted molar refractivity (Wildman–Crippen MR) is 137 cm³/mol. The first kappa shape index (κ1) is 25.7. The molecule has 0 aliphatic carbocycles. The van der Waals surface area contributed by atoms with Crippen LogP contribution in [-0.4, -0.2) is 50.5 Å². The lowest BCUT2D eigenvalue weighted by atomic mass is 10.1. The minimum Gasteiger partial charge on any atom is -0.316 e. The number of hydrogen-bond acceptors (Lipinski definition) is 6. The number of piperidine rings is 1. The Morgan fingerprint density at radius 3 is 2.37 bits per heavy atom. The summed E-state index contributed by atoms with van der Waals surface area (Å²) in [6.07, 6.45) is 4.67. The normalized spacial score (nSPS) is 18.3. The summed E-state index contributed by atoms with van der Waals surface area (Å²) >= 11 is 1.25. The van der Waals surface area contributed by atoms with Gasteiger partial charge in [-0.05, 0) is 68.7 Å². The SMILES string of the molecule is CCCn1c(=NC(=O)c2ccc(S(=O)(=O)N3CCCCC3C)cc2)sc2cc(S(C)(=O)=O)ccc21. The fourth-order valence-electron chi connectivity index (χ4n) is 4.29.